The highest BCUT2D eigenvalue weighted by Crippen LogP contribution is 2.23. The number of carbonyl (C=O) groups is 2. The van der Waals surface area contributed by atoms with Gasteiger partial charge in [-0.3, -0.25) is 9.59 Å². The predicted molar refractivity (Wildman–Crippen MR) is 113 cm³/mol. The number of hydrogen-bond donors (Lipinski definition) is 1. The molecule has 8 heteroatoms. The lowest BCUT2D eigenvalue weighted by Gasteiger charge is -2.16. The standard InChI is InChI=1S/C21H22N4O3S/c1-14-7-9-17(10-8-14)22-18(26)12-25(3)19(27)13-29-21-24-23-20(28-21)16-6-4-5-15(2)11-16/h4-11H,12-13H2,1-3H3,(H,22,26). The lowest BCUT2D eigenvalue weighted by atomic mass is 10.1. The van der Waals surface area contributed by atoms with Gasteiger partial charge in [-0.05, 0) is 38.1 Å². The van der Waals surface area contributed by atoms with E-state index < -0.39 is 0 Å². The van der Waals surface area contributed by atoms with Gasteiger partial charge in [-0.2, -0.15) is 0 Å². The van der Waals surface area contributed by atoms with Crippen molar-refractivity contribution >= 4 is 29.3 Å². The molecule has 1 aromatic heterocycles. The number of amides is 2. The van der Waals surface area contributed by atoms with Crippen molar-refractivity contribution in [3.63, 3.8) is 0 Å². The van der Waals surface area contributed by atoms with E-state index in [2.05, 4.69) is 15.5 Å². The zero-order chi connectivity index (χ0) is 20.8. The molecule has 2 aromatic carbocycles. The first-order chi connectivity index (χ1) is 13.9. The highest BCUT2D eigenvalue weighted by molar-refractivity contribution is 7.99. The van der Waals surface area contributed by atoms with Crippen molar-refractivity contribution in [1.82, 2.24) is 15.1 Å². The average Bonchev–Trinajstić information content (AvgIpc) is 3.17. The number of aryl methyl sites for hydroxylation is 2. The number of benzene rings is 2. The van der Waals surface area contributed by atoms with Gasteiger partial charge in [-0.15, -0.1) is 10.2 Å². The van der Waals surface area contributed by atoms with E-state index in [9.17, 15) is 9.59 Å². The summed E-state index contributed by atoms with van der Waals surface area (Å²) < 4.78 is 5.62. The van der Waals surface area contributed by atoms with Crippen molar-refractivity contribution in [2.75, 3.05) is 24.7 Å². The summed E-state index contributed by atoms with van der Waals surface area (Å²) in [6.07, 6.45) is 0. The Morgan fingerprint density at radius 1 is 1.07 bits per heavy atom. The number of carbonyl (C=O) groups excluding carboxylic acids is 2. The number of anilines is 1. The smallest absolute Gasteiger partial charge is 0.277 e. The molecule has 1 heterocycles. The summed E-state index contributed by atoms with van der Waals surface area (Å²) in [5.41, 5.74) is 3.74. The molecule has 0 saturated carbocycles. The Bertz CT molecular complexity index is 1000. The van der Waals surface area contributed by atoms with Gasteiger partial charge >= 0.3 is 0 Å². The van der Waals surface area contributed by atoms with E-state index >= 15 is 0 Å². The van der Waals surface area contributed by atoms with Crippen molar-refractivity contribution in [2.45, 2.75) is 19.1 Å². The Hall–Kier alpha value is -3.13. The zero-order valence-electron chi connectivity index (χ0n) is 16.5. The number of rotatable bonds is 7. The molecule has 7 nitrogen and oxygen atoms in total. The quantitative estimate of drug-likeness (QED) is 0.600. The summed E-state index contributed by atoms with van der Waals surface area (Å²) in [6.45, 7) is 3.92. The highest BCUT2D eigenvalue weighted by atomic mass is 32.2. The molecule has 0 aliphatic carbocycles. The first-order valence-corrected chi connectivity index (χ1v) is 10.0. The minimum Gasteiger partial charge on any atom is -0.411 e. The molecular weight excluding hydrogens is 388 g/mol. The Morgan fingerprint density at radius 3 is 2.55 bits per heavy atom. The molecule has 0 fully saturated rings. The zero-order valence-corrected chi connectivity index (χ0v) is 17.3. The second kappa shape index (κ2) is 9.38. The van der Waals surface area contributed by atoms with Gasteiger partial charge < -0.3 is 14.6 Å². The first kappa shape index (κ1) is 20.6. The van der Waals surface area contributed by atoms with Crippen molar-refractivity contribution in [3.05, 3.63) is 59.7 Å². The van der Waals surface area contributed by atoms with Crippen molar-refractivity contribution in [1.29, 1.82) is 0 Å². The molecule has 0 bridgehead atoms. The molecule has 29 heavy (non-hydrogen) atoms. The van der Waals surface area contributed by atoms with Crippen LogP contribution in [-0.4, -0.2) is 46.3 Å². The van der Waals surface area contributed by atoms with E-state index in [1.807, 2.05) is 62.4 Å². The maximum Gasteiger partial charge on any atom is 0.277 e. The summed E-state index contributed by atoms with van der Waals surface area (Å²) >= 11 is 1.15. The summed E-state index contributed by atoms with van der Waals surface area (Å²) in [5, 5.41) is 11.1. The minimum atomic E-state index is -0.255. The van der Waals surface area contributed by atoms with Crippen LogP contribution in [0.25, 0.3) is 11.5 Å². The second-order valence-electron chi connectivity index (χ2n) is 6.70. The minimum absolute atomic E-state index is 0.0361. The van der Waals surface area contributed by atoms with Crippen LogP contribution in [0.15, 0.2) is 58.2 Å². The lowest BCUT2D eigenvalue weighted by Crippen LogP contribution is -2.35. The summed E-state index contributed by atoms with van der Waals surface area (Å²) in [6, 6.07) is 15.2. The lowest BCUT2D eigenvalue weighted by molar-refractivity contribution is -0.131. The first-order valence-electron chi connectivity index (χ1n) is 9.04. The largest absolute Gasteiger partial charge is 0.411 e. The fourth-order valence-electron chi connectivity index (χ4n) is 2.54. The summed E-state index contributed by atoms with van der Waals surface area (Å²) in [4.78, 5) is 25.8. The number of hydrogen-bond acceptors (Lipinski definition) is 6. The molecule has 0 aliphatic heterocycles. The number of likely N-dealkylation sites (N-methyl/N-ethyl adjacent to an activating group) is 1. The number of thioether (sulfide) groups is 1. The Morgan fingerprint density at radius 2 is 1.83 bits per heavy atom. The van der Waals surface area contributed by atoms with Gasteiger partial charge in [0.05, 0.1) is 12.3 Å². The Balaban J connectivity index is 1.48. The van der Waals surface area contributed by atoms with Crippen LogP contribution in [0.5, 0.6) is 0 Å². The second-order valence-corrected chi connectivity index (χ2v) is 7.62. The number of nitrogens with zero attached hydrogens (tertiary/aromatic N) is 3. The van der Waals surface area contributed by atoms with E-state index in [4.69, 9.17) is 4.42 Å². The molecule has 0 spiro atoms. The van der Waals surface area contributed by atoms with Crippen molar-refractivity contribution in [3.8, 4) is 11.5 Å². The molecule has 3 rings (SSSR count). The van der Waals surface area contributed by atoms with E-state index in [0.717, 1.165) is 28.5 Å². The number of nitrogens with one attached hydrogen (secondary N) is 1. The third kappa shape index (κ3) is 5.92. The Labute approximate surface area is 173 Å². The van der Waals surface area contributed by atoms with Crippen LogP contribution >= 0.6 is 11.8 Å². The molecule has 150 valence electrons. The normalized spacial score (nSPS) is 10.6. The van der Waals surface area contributed by atoms with Gasteiger partial charge in [0.2, 0.25) is 17.7 Å². The van der Waals surface area contributed by atoms with E-state index in [-0.39, 0.29) is 24.1 Å². The van der Waals surface area contributed by atoms with Crippen LogP contribution in [0.4, 0.5) is 5.69 Å². The maximum absolute atomic E-state index is 12.3. The van der Waals surface area contributed by atoms with E-state index in [1.54, 1.807) is 7.05 Å². The summed E-state index contributed by atoms with van der Waals surface area (Å²) in [5.74, 6) is 0.0529. The molecule has 2 amide bonds. The summed E-state index contributed by atoms with van der Waals surface area (Å²) in [7, 11) is 1.59. The van der Waals surface area contributed by atoms with Gasteiger partial charge in [0.25, 0.3) is 5.22 Å². The van der Waals surface area contributed by atoms with Crippen LogP contribution in [0.1, 0.15) is 11.1 Å². The fraction of sp³-hybridized carbons (Fsp3) is 0.238. The van der Waals surface area contributed by atoms with Gasteiger partial charge in [-0.1, -0.05) is 47.2 Å². The predicted octanol–water partition coefficient (Wildman–Crippen LogP) is 3.54. The van der Waals surface area contributed by atoms with Gasteiger partial charge in [0.1, 0.15) is 0 Å². The van der Waals surface area contributed by atoms with Gasteiger partial charge in [0, 0.05) is 18.3 Å². The molecule has 0 radical (unpaired) electrons. The topological polar surface area (TPSA) is 88.3 Å². The SMILES string of the molecule is Cc1ccc(NC(=O)CN(C)C(=O)CSc2nnc(-c3cccc(C)c3)o2)cc1. The molecule has 3 aromatic rings. The van der Waals surface area contributed by atoms with E-state index in [0.29, 0.717) is 16.8 Å². The van der Waals surface area contributed by atoms with Gasteiger partial charge in [0.15, 0.2) is 0 Å². The highest BCUT2D eigenvalue weighted by Gasteiger charge is 2.16. The molecular formula is C21H22N4O3S. The van der Waals surface area contributed by atoms with Crippen LogP contribution in [0.2, 0.25) is 0 Å². The van der Waals surface area contributed by atoms with E-state index in [1.165, 1.54) is 4.90 Å². The van der Waals surface area contributed by atoms with Crippen LogP contribution in [0.3, 0.4) is 0 Å². The average molecular weight is 410 g/mol. The molecule has 0 unspecified atom stereocenters. The molecule has 0 aliphatic rings. The monoisotopic (exact) mass is 410 g/mol. The molecule has 0 atom stereocenters. The maximum atomic E-state index is 12.3. The third-order valence-electron chi connectivity index (χ3n) is 4.13. The van der Waals surface area contributed by atoms with Crippen LogP contribution in [0, 0.1) is 13.8 Å². The molecule has 1 N–H and O–H groups in total. The van der Waals surface area contributed by atoms with Crippen molar-refractivity contribution in [2.24, 2.45) is 0 Å². The van der Waals surface area contributed by atoms with Crippen molar-refractivity contribution < 1.29 is 14.0 Å². The fourth-order valence-corrected chi connectivity index (χ4v) is 3.24. The molecule has 0 saturated heterocycles. The number of aromatic nitrogens is 2. The Kier molecular flexibility index (Phi) is 6.66. The van der Waals surface area contributed by atoms with Crippen LogP contribution in [-0.2, 0) is 9.59 Å². The van der Waals surface area contributed by atoms with Gasteiger partial charge in [-0.25, -0.2) is 0 Å². The van der Waals surface area contributed by atoms with Crippen LogP contribution < -0.4 is 5.32 Å². The third-order valence-corrected chi connectivity index (χ3v) is 4.94.